The Kier molecular flexibility index (Phi) is 3.52. The van der Waals surface area contributed by atoms with Gasteiger partial charge < -0.3 is 9.64 Å². The van der Waals surface area contributed by atoms with E-state index in [4.69, 9.17) is 4.74 Å². The predicted octanol–water partition coefficient (Wildman–Crippen LogP) is 2.57. The fourth-order valence-electron chi connectivity index (χ4n) is 2.64. The summed E-state index contributed by atoms with van der Waals surface area (Å²) in [4.78, 5) is 14.5. The van der Waals surface area contributed by atoms with Gasteiger partial charge in [0.25, 0.3) is 5.91 Å². The van der Waals surface area contributed by atoms with E-state index in [-0.39, 0.29) is 18.1 Å². The van der Waals surface area contributed by atoms with Gasteiger partial charge in [0.1, 0.15) is 0 Å². The molecular weight excluding hydrogens is 322 g/mol. The minimum absolute atomic E-state index is 0.0450. The van der Waals surface area contributed by atoms with Gasteiger partial charge >= 0.3 is 0 Å². The van der Waals surface area contributed by atoms with Crippen LogP contribution in [0.2, 0.25) is 0 Å². The zero-order chi connectivity index (χ0) is 14.3. The quantitative estimate of drug-likeness (QED) is 0.869. The Morgan fingerprint density at radius 1 is 1.40 bits per heavy atom. The number of nitrogens with one attached hydrogen (secondary N) is 1. The first-order valence-electron chi connectivity index (χ1n) is 6.63. The SMILES string of the molecule is C[C@@H]1CN(C(=O)c2n[nH]c3ccc(Br)cc23)C[C@@H](C)O1. The smallest absolute Gasteiger partial charge is 0.275 e. The maximum atomic E-state index is 12.6. The van der Waals surface area contributed by atoms with Crippen molar-refractivity contribution in [2.45, 2.75) is 26.1 Å². The summed E-state index contributed by atoms with van der Waals surface area (Å²) >= 11 is 3.43. The number of aromatic amines is 1. The summed E-state index contributed by atoms with van der Waals surface area (Å²) < 4.78 is 6.60. The van der Waals surface area contributed by atoms with Gasteiger partial charge in [-0.1, -0.05) is 15.9 Å². The van der Waals surface area contributed by atoms with Gasteiger partial charge in [0, 0.05) is 22.9 Å². The molecule has 1 amide bonds. The van der Waals surface area contributed by atoms with Gasteiger partial charge in [0.05, 0.1) is 17.7 Å². The van der Waals surface area contributed by atoms with Gasteiger partial charge in [-0.15, -0.1) is 0 Å². The zero-order valence-electron chi connectivity index (χ0n) is 11.4. The molecule has 0 spiro atoms. The molecule has 0 aliphatic carbocycles. The van der Waals surface area contributed by atoms with E-state index in [0.717, 1.165) is 15.4 Å². The van der Waals surface area contributed by atoms with Crippen LogP contribution in [0.5, 0.6) is 0 Å². The molecule has 0 unspecified atom stereocenters. The number of hydrogen-bond acceptors (Lipinski definition) is 3. The van der Waals surface area contributed by atoms with Crippen LogP contribution in [0.1, 0.15) is 24.3 Å². The molecule has 2 heterocycles. The number of benzene rings is 1. The lowest BCUT2D eigenvalue weighted by molar-refractivity contribution is -0.0587. The van der Waals surface area contributed by atoms with Gasteiger partial charge in [-0.05, 0) is 32.0 Å². The number of halogens is 1. The maximum Gasteiger partial charge on any atom is 0.275 e. The molecule has 20 heavy (non-hydrogen) atoms. The number of carbonyl (C=O) groups excluding carboxylic acids is 1. The second kappa shape index (κ2) is 5.18. The van der Waals surface area contributed by atoms with Crippen molar-refractivity contribution in [3.8, 4) is 0 Å². The Balaban J connectivity index is 1.94. The summed E-state index contributed by atoms with van der Waals surface area (Å²) in [5, 5.41) is 7.94. The summed E-state index contributed by atoms with van der Waals surface area (Å²) in [6.07, 6.45) is 0.110. The number of fused-ring (bicyclic) bond motifs is 1. The van der Waals surface area contributed by atoms with Gasteiger partial charge in [0.15, 0.2) is 5.69 Å². The van der Waals surface area contributed by atoms with Crippen molar-refractivity contribution in [1.29, 1.82) is 0 Å². The van der Waals surface area contributed by atoms with Crippen molar-refractivity contribution in [2.24, 2.45) is 0 Å². The monoisotopic (exact) mass is 337 g/mol. The molecular formula is C14H16BrN3O2. The van der Waals surface area contributed by atoms with Crippen LogP contribution >= 0.6 is 15.9 Å². The summed E-state index contributed by atoms with van der Waals surface area (Å²) in [6, 6.07) is 5.75. The molecule has 1 fully saturated rings. The van der Waals surface area contributed by atoms with E-state index in [1.54, 1.807) is 0 Å². The fraction of sp³-hybridized carbons (Fsp3) is 0.429. The van der Waals surface area contributed by atoms with Crippen molar-refractivity contribution in [1.82, 2.24) is 15.1 Å². The lowest BCUT2D eigenvalue weighted by atomic mass is 10.1. The number of carbonyl (C=O) groups is 1. The highest BCUT2D eigenvalue weighted by molar-refractivity contribution is 9.10. The molecule has 1 aromatic heterocycles. The number of ether oxygens (including phenoxy) is 1. The average molecular weight is 338 g/mol. The van der Waals surface area contributed by atoms with Crippen LogP contribution in [0.25, 0.3) is 10.9 Å². The van der Waals surface area contributed by atoms with Crippen LogP contribution in [-0.2, 0) is 4.74 Å². The maximum absolute atomic E-state index is 12.6. The van der Waals surface area contributed by atoms with Crippen LogP contribution in [0.4, 0.5) is 0 Å². The number of nitrogens with zero attached hydrogens (tertiary/aromatic N) is 2. The molecule has 1 N–H and O–H groups in total. The lowest BCUT2D eigenvalue weighted by Crippen LogP contribution is -2.48. The van der Waals surface area contributed by atoms with E-state index in [2.05, 4.69) is 26.1 Å². The van der Waals surface area contributed by atoms with E-state index in [1.807, 2.05) is 36.9 Å². The van der Waals surface area contributed by atoms with E-state index in [9.17, 15) is 4.79 Å². The van der Waals surface area contributed by atoms with Crippen LogP contribution in [0.3, 0.4) is 0 Å². The Labute approximate surface area is 125 Å². The lowest BCUT2D eigenvalue weighted by Gasteiger charge is -2.34. The van der Waals surface area contributed by atoms with Crippen molar-refractivity contribution in [2.75, 3.05) is 13.1 Å². The van der Waals surface area contributed by atoms with Crippen molar-refractivity contribution in [3.05, 3.63) is 28.4 Å². The number of amides is 1. The van der Waals surface area contributed by atoms with Gasteiger partial charge in [-0.3, -0.25) is 9.89 Å². The Hall–Kier alpha value is -1.40. The van der Waals surface area contributed by atoms with Crippen molar-refractivity contribution < 1.29 is 9.53 Å². The summed E-state index contributed by atoms with van der Waals surface area (Å²) in [7, 11) is 0. The van der Waals surface area contributed by atoms with Crippen LogP contribution in [-0.4, -0.2) is 46.3 Å². The molecule has 1 aliphatic heterocycles. The Bertz CT molecular complexity index is 645. The molecule has 0 radical (unpaired) electrons. The number of rotatable bonds is 1. The second-order valence-electron chi connectivity index (χ2n) is 5.23. The van der Waals surface area contributed by atoms with Crippen molar-refractivity contribution >= 4 is 32.7 Å². The topological polar surface area (TPSA) is 58.2 Å². The highest BCUT2D eigenvalue weighted by Gasteiger charge is 2.28. The van der Waals surface area contributed by atoms with E-state index in [0.29, 0.717) is 18.8 Å². The van der Waals surface area contributed by atoms with Gasteiger partial charge in [-0.25, -0.2) is 0 Å². The number of H-pyrrole nitrogens is 1. The number of aromatic nitrogens is 2. The summed E-state index contributed by atoms with van der Waals surface area (Å²) in [5.74, 6) is -0.0450. The molecule has 0 bridgehead atoms. The highest BCUT2D eigenvalue weighted by Crippen LogP contribution is 2.23. The van der Waals surface area contributed by atoms with Gasteiger partial charge in [0.2, 0.25) is 0 Å². The molecule has 1 aromatic carbocycles. The minimum atomic E-state index is -0.0450. The summed E-state index contributed by atoms with van der Waals surface area (Å²) in [6.45, 7) is 5.17. The average Bonchev–Trinajstić information content (AvgIpc) is 2.79. The number of hydrogen-bond donors (Lipinski definition) is 1. The standard InChI is InChI=1S/C14H16BrN3O2/c1-8-6-18(7-9(2)20-8)14(19)13-11-5-10(15)3-4-12(11)16-17-13/h3-5,8-9H,6-7H2,1-2H3,(H,16,17)/t8-,9-/m1/s1. The molecule has 0 saturated carbocycles. The molecule has 5 nitrogen and oxygen atoms in total. The van der Waals surface area contributed by atoms with E-state index < -0.39 is 0 Å². The minimum Gasteiger partial charge on any atom is -0.372 e. The molecule has 3 rings (SSSR count). The largest absolute Gasteiger partial charge is 0.372 e. The van der Waals surface area contributed by atoms with E-state index in [1.165, 1.54) is 0 Å². The van der Waals surface area contributed by atoms with E-state index >= 15 is 0 Å². The zero-order valence-corrected chi connectivity index (χ0v) is 13.0. The second-order valence-corrected chi connectivity index (χ2v) is 6.15. The van der Waals surface area contributed by atoms with Gasteiger partial charge in [-0.2, -0.15) is 5.10 Å². The molecule has 2 atom stereocenters. The molecule has 1 saturated heterocycles. The molecule has 2 aromatic rings. The number of morpholine rings is 1. The van der Waals surface area contributed by atoms with Crippen LogP contribution < -0.4 is 0 Å². The van der Waals surface area contributed by atoms with Crippen LogP contribution in [0.15, 0.2) is 22.7 Å². The third-order valence-electron chi connectivity index (χ3n) is 3.43. The molecule has 6 heteroatoms. The third-order valence-corrected chi connectivity index (χ3v) is 3.93. The Morgan fingerprint density at radius 3 is 2.80 bits per heavy atom. The first kappa shape index (κ1) is 13.6. The fourth-order valence-corrected chi connectivity index (χ4v) is 3.00. The predicted molar refractivity (Wildman–Crippen MR) is 79.7 cm³/mol. The highest BCUT2D eigenvalue weighted by atomic mass is 79.9. The summed E-state index contributed by atoms with van der Waals surface area (Å²) in [5.41, 5.74) is 1.34. The van der Waals surface area contributed by atoms with Crippen molar-refractivity contribution in [3.63, 3.8) is 0 Å². The molecule has 106 valence electrons. The molecule has 1 aliphatic rings. The first-order chi connectivity index (χ1) is 9.54. The first-order valence-corrected chi connectivity index (χ1v) is 7.42. The van der Waals surface area contributed by atoms with Crippen LogP contribution in [0, 0.1) is 0 Å². The normalized spacial score (nSPS) is 23.2. The Morgan fingerprint density at radius 2 is 2.10 bits per heavy atom. The third kappa shape index (κ3) is 2.45.